The molecule has 1 radical (unpaired) electrons. The Morgan fingerprint density at radius 2 is 1.48 bits per heavy atom. The molecule has 129 valence electrons. The van der Waals surface area contributed by atoms with E-state index < -0.39 is 7.26 Å². The first-order chi connectivity index (χ1) is 10.3. The Morgan fingerprint density at radius 1 is 1.04 bits per heavy atom. The standard InChI is InChI=1S/C19H32NOP.Y.H2/c1-8-17(22(9-2,10-3)11-4)19(21)20-18-15(6)12-14(5)13-16(18)7;;/h12-13,17H,8-11H2,1-7H3;;1H/p+1. The maximum absolute atomic E-state index is 13.0. The van der Waals surface area contributed by atoms with E-state index >= 15 is 0 Å². The molecule has 0 heterocycles. The number of carbonyl (C=O) groups is 1. The van der Waals surface area contributed by atoms with E-state index in [2.05, 4.69) is 65.9 Å². The zero-order valence-electron chi connectivity index (χ0n) is 16.0. The fourth-order valence-corrected chi connectivity index (χ4v) is 7.74. The van der Waals surface area contributed by atoms with Crippen LogP contribution in [0.1, 0.15) is 52.2 Å². The van der Waals surface area contributed by atoms with Crippen LogP contribution in [-0.4, -0.2) is 30.1 Å². The van der Waals surface area contributed by atoms with Crippen LogP contribution in [0.25, 0.3) is 0 Å². The number of hydrogen-bond donors (Lipinski definition) is 1. The Balaban J connectivity index is 0. The van der Waals surface area contributed by atoms with Crippen molar-refractivity contribution in [1.82, 2.24) is 0 Å². The van der Waals surface area contributed by atoms with Gasteiger partial charge in [0.05, 0.1) is 18.5 Å². The summed E-state index contributed by atoms with van der Waals surface area (Å²) in [4.78, 5) is 13.0. The van der Waals surface area contributed by atoms with E-state index in [-0.39, 0.29) is 45.7 Å². The topological polar surface area (TPSA) is 29.1 Å². The molecule has 1 unspecified atom stereocenters. The largest absolute Gasteiger partial charge is 0.322 e. The van der Waals surface area contributed by atoms with Crippen molar-refractivity contribution in [2.24, 2.45) is 0 Å². The van der Waals surface area contributed by atoms with Gasteiger partial charge < -0.3 is 5.32 Å². The molecule has 0 bridgehead atoms. The second kappa shape index (κ2) is 10.3. The molecular formula is C19H35NOPY+. The molecule has 0 aliphatic heterocycles. The Morgan fingerprint density at radius 3 is 1.83 bits per heavy atom. The fraction of sp³-hybridized carbons (Fsp3) is 0.632. The molecule has 23 heavy (non-hydrogen) atoms. The summed E-state index contributed by atoms with van der Waals surface area (Å²) in [5.41, 5.74) is 4.77. The summed E-state index contributed by atoms with van der Waals surface area (Å²) in [5, 5.41) is 3.25. The molecule has 1 atom stereocenters. The van der Waals surface area contributed by atoms with Crippen molar-refractivity contribution in [1.29, 1.82) is 0 Å². The van der Waals surface area contributed by atoms with Gasteiger partial charge in [-0.15, -0.1) is 0 Å². The quantitative estimate of drug-likeness (QED) is 0.575. The Hall–Kier alpha value is 0.224. The van der Waals surface area contributed by atoms with Gasteiger partial charge in [0, 0.05) is 47.1 Å². The molecule has 0 saturated carbocycles. The number of nitrogens with one attached hydrogen (secondary N) is 1. The molecule has 4 heteroatoms. The van der Waals surface area contributed by atoms with E-state index in [1.165, 1.54) is 5.56 Å². The molecule has 0 aliphatic carbocycles. The normalized spacial score (nSPS) is 12.5. The summed E-state index contributed by atoms with van der Waals surface area (Å²) >= 11 is 0. The minimum Gasteiger partial charge on any atom is -0.322 e. The van der Waals surface area contributed by atoms with E-state index in [1.807, 2.05) is 0 Å². The molecule has 1 amide bonds. The van der Waals surface area contributed by atoms with Gasteiger partial charge in [0.1, 0.15) is 5.66 Å². The van der Waals surface area contributed by atoms with E-state index in [9.17, 15) is 4.79 Å². The molecule has 0 aliphatic rings. The van der Waals surface area contributed by atoms with Crippen molar-refractivity contribution in [2.45, 2.75) is 60.5 Å². The van der Waals surface area contributed by atoms with Gasteiger partial charge in [-0.05, 0) is 59.1 Å². The van der Waals surface area contributed by atoms with Crippen molar-refractivity contribution in [2.75, 3.05) is 23.8 Å². The van der Waals surface area contributed by atoms with Gasteiger partial charge in [-0.25, -0.2) is 0 Å². The third-order valence-corrected chi connectivity index (χ3v) is 10.9. The van der Waals surface area contributed by atoms with Crippen LogP contribution in [0, 0.1) is 20.8 Å². The minimum atomic E-state index is -1.19. The van der Waals surface area contributed by atoms with Crippen molar-refractivity contribution in [3.8, 4) is 0 Å². The second-order valence-corrected chi connectivity index (χ2v) is 11.3. The first kappa shape index (κ1) is 23.2. The van der Waals surface area contributed by atoms with Crippen molar-refractivity contribution in [3.05, 3.63) is 28.8 Å². The van der Waals surface area contributed by atoms with Crippen LogP contribution >= 0.6 is 7.26 Å². The summed E-state index contributed by atoms with van der Waals surface area (Å²) in [6.07, 6.45) is 4.44. The summed E-state index contributed by atoms with van der Waals surface area (Å²) in [6.45, 7) is 15.2. The van der Waals surface area contributed by atoms with Crippen LogP contribution in [-0.2, 0) is 37.5 Å². The van der Waals surface area contributed by atoms with E-state index in [0.717, 1.165) is 41.7 Å². The predicted octanol–water partition coefficient (Wildman–Crippen LogP) is 5.65. The molecule has 1 N–H and O–H groups in total. The number of hydrogen-bond acceptors (Lipinski definition) is 1. The molecular weight excluding hydrogens is 378 g/mol. The third kappa shape index (κ3) is 5.35. The fourth-order valence-electron chi connectivity index (χ4n) is 3.74. The van der Waals surface area contributed by atoms with Crippen molar-refractivity contribution in [3.63, 3.8) is 0 Å². The van der Waals surface area contributed by atoms with Crippen molar-refractivity contribution >= 4 is 18.9 Å². The predicted molar refractivity (Wildman–Crippen MR) is 104 cm³/mol. The SMILES string of the molecule is CCC(C(=O)Nc1c(C)cc(C)cc1C)[P+](CC)(CC)CC.[HH].[Y]. The molecule has 2 nitrogen and oxygen atoms in total. The Labute approximate surface area is 170 Å². The number of benzene rings is 1. The average molecular weight is 413 g/mol. The third-order valence-electron chi connectivity index (χ3n) is 5.17. The smallest absolute Gasteiger partial charge is 0.265 e. The van der Waals surface area contributed by atoms with E-state index in [4.69, 9.17) is 0 Å². The Kier molecular flexibility index (Phi) is 10.4. The van der Waals surface area contributed by atoms with Crippen LogP contribution in [0.15, 0.2) is 12.1 Å². The number of rotatable bonds is 7. The van der Waals surface area contributed by atoms with Gasteiger partial charge in [-0.1, -0.05) is 24.6 Å². The number of amides is 1. The monoisotopic (exact) mass is 413 g/mol. The zero-order valence-corrected chi connectivity index (χ0v) is 19.7. The number of aryl methyl sites for hydroxylation is 3. The van der Waals surface area contributed by atoms with Gasteiger partial charge in [-0.2, -0.15) is 0 Å². The molecule has 1 aromatic rings. The van der Waals surface area contributed by atoms with Gasteiger partial charge in [0.15, 0.2) is 0 Å². The van der Waals surface area contributed by atoms with Gasteiger partial charge >= 0.3 is 0 Å². The maximum atomic E-state index is 13.0. The average Bonchev–Trinajstić information content (AvgIpc) is 2.48. The molecule has 0 aromatic heterocycles. The molecule has 0 fully saturated rings. The first-order valence-corrected chi connectivity index (χ1v) is 11.0. The summed E-state index contributed by atoms with van der Waals surface area (Å²) in [5.74, 6) is 0.233. The molecule has 1 aromatic carbocycles. The van der Waals surface area contributed by atoms with Crippen molar-refractivity contribution < 1.29 is 38.9 Å². The summed E-state index contributed by atoms with van der Waals surface area (Å²) in [7, 11) is -1.19. The number of carbonyl (C=O) groups excluding carboxylic acids is 1. The molecule has 0 spiro atoms. The Bertz CT molecular complexity index is 501. The molecule has 1 rings (SSSR count). The summed E-state index contributed by atoms with van der Waals surface area (Å²) < 4.78 is 0. The van der Waals surface area contributed by atoms with E-state index in [0.29, 0.717) is 0 Å². The maximum Gasteiger partial charge on any atom is 0.265 e. The number of anilines is 1. The zero-order chi connectivity index (χ0) is 16.9. The second-order valence-electron chi connectivity index (χ2n) is 6.35. The van der Waals surface area contributed by atoms with Crippen LogP contribution in [0.2, 0.25) is 0 Å². The van der Waals surface area contributed by atoms with Crippen LogP contribution in [0.5, 0.6) is 0 Å². The van der Waals surface area contributed by atoms with Crippen LogP contribution < -0.4 is 5.32 Å². The van der Waals surface area contributed by atoms with Gasteiger partial charge in [-0.3, -0.25) is 4.79 Å². The summed E-state index contributed by atoms with van der Waals surface area (Å²) in [6, 6.07) is 4.29. The molecule has 0 saturated heterocycles. The van der Waals surface area contributed by atoms with Gasteiger partial charge in [0.2, 0.25) is 0 Å². The van der Waals surface area contributed by atoms with Gasteiger partial charge in [0.25, 0.3) is 5.91 Å². The first-order valence-electron chi connectivity index (χ1n) is 8.59. The van der Waals surface area contributed by atoms with Crippen LogP contribution in [0.4, 0.5) is 5.69 Å². The van der Waals surface area contributed by atoms with Crippen LogP contribution in [0.3, 0.4) is 0 Å². The van der Waals surface area contributed by atoms with E-state index in [1.54, 1.807) is 0 Å². The minimum absolute atomic E-state index is 0.